The zero-order chi connectivity index (χ0) is 16.9. The minimum absolute atomic E-state index is 0.458. The first kappa shape index (κ1) is 16.4. The predicted molar refractivity (Wildman–Crippen MR) is 104 cm³/mol. The SMILES string of the molecule is c1ccc(CN2CCC[C@@H]2c2cccnc2Sc2ccccc2)cc1. The standard InChI is InChI=1S/C22H22N2S/c1-3-9-18(10-4-1)17-24-16-8-14-21(24)20-13-7-15-23-22(20)25-19-11-5-2-6-12-19/h1-7,9-13,15,21H,8,14,16-17H2/t21-/m1/s1. The molecule has 0 N–H and O–H groups in total. The van der Waals surface area contributed by atoms with E-state index in [0.717, 1.165) is 18.1 Å². The molecule has 0 spiro atoms. The highest BCUT2D eigenvalue weighted by molar-refractivity contribution is 7.99. The molecule has 2 heterocycles. The van der Waals surface area contributed by atoms with Gasteiger partial charge in [0.25, 0.3) is 0 Å². The Labute approximate surface area is 153 Å². The van der Waals surface area contributed by atoms with Crippen molar-refractivity contribution in [1.82, 2.24) is 9.88 Å². The number of likely N-dealkylation sites (tertiary alicyclic amines) is 1. The van der Waals surface area contributed by atoms with Crippen LogP contribution in [0.15, 0.2) is 88.9 Å². The molecule has 126 valence electrons. The van der Waals surface area contributed by atoms with Crippen molar-refractivity contribution < 1.29 is 0 Å². The second-order valence-electron chi connectivity index (χ2n) is 6.43. The van der Waals surface area contributed by atoms with Crippen LogP contribution in [0.25, 0.3) is 0 Å². The highest BCUT2D eigenvalue weighted by Crippen LogP contribution is 2.39. The Hall–Kier alpha value is -2.10. The van der Waals surface area contributed by atoms with Gasteiger partial charge in [0.2, 0.25) is 0 Å². The van der Waals surface area contributed by atoms with E-state index in [1.54, 1.807) is 11.8 Å². The first-order valence-electron chi connectivity index (χ1n) is 8.86. The van der Waals surface area contributed by atoms with Crippen LogP contribution in [0.5, 0.6) is 0 Å². The maximum Gasteiger partial charge on any atom is 0.105 e. The summed E-state index contributed by atoms with van der Waals surface area (Å²) in [5, 5.41) is 1.14. The number of aromatic nitrogens is 1. The molecule has 0 radical (unpaired) electrons. The van der Waals surface area contributed by atoms with Crippen LogP contribution in [0, 0.1) is 0 Å². The number of hydrogen-bond donors (Lipinski definition) is 0. The minimum Gasteiger partial charge on any atom is -0.292 e. The molecule has 1 aromatic heterocycles. The summed E-state index contributed by atoms with van der Waals surface area (Å²) in [4.78, 5) is 8.54. The lowest BCUT2D eigenvalue weighted by molar-refractivity contribution is 0.245. The Kier molecular flexibility index (Phi) is 5.14. The zero-order valence-corrected chi connectivity index (χ0v) is 15.0. The van der Waals surface area contributed by atoms with Crippen LogP contribution < -0.4 is 0 Å². The van der Waals surface area contributed by atoms with Crippen LogP contribution >= 0.6 is 11.8 Å². The van der Waals surface area contributed by atoms with E-state index in [1.165, 1.54) is 28.9 Å². The van der Waals surface area contributed by atoms with E-state index in [0.29, 0.717) is 6.04 Å². The van der Waals surface area contributed by atoms with Gasteiger partial charge < -0.3 is 0 Å². The molecule has 4 rings (SSSR count). The van der Waals surface area contributed by atoms with Crippen LogP contribution in [0.2, 0.25) is 0 Å². The quantitative estimate of drug-likeness (QED) is 0.601. The van der Waals surface area contributed by atoms with Crippen molar-refractivity contribution >= 4 is 11.8 Å². The average Bonchev–Trinajstić information content (AvgIpc) is 3.12. The molecule has 1 aliphatic heterocycles. The highest BCUT2D eigenvalue weighted by atomic mass is 32.2. The summed E-state index contributed by atoms with van der Waals surface area (Å²) in [5.74, 6) is 0. The largest absolute Gasteiger partial charge is 0.292 e. The Morgan fingerprint density at radius 3 is 2.48 bits per heavy atom. The van der Waals surface area contributed by atoms with Gasteiger partial charge in [0.05, 0.1) is 0 Å². The van der Waals surface area contributed by atoms with Crippen LogP contribution in [0.4, 0.5) is 0 Å². The fourth-order valence-electron chi connectivity index (χ4n) is 3.53. The molecule has 2 aromatic carbocycles. The van der Waals surface area contributed by atoms with E-state index in [1.807, 2.05) is 6.20 Å². The molecule has 1 saturated heterocycles. The predicted octanol–water partition coefficient (Wildman–Crippen LogP) is 5.57. The van der Waals surface area contributed by atoms with Gasteiger partial charge in [-0.25, -0.2) is 4.98 Å². The van der Waals surface area contributed by atoms with E-state index in [-0.39, 0.29) is 0 Å². The molecule has 3 heteroatoms. The number of hydrogen-bond acceptors (Lipinski definition) is 3. The number of nitrogens with zero attached hydrogens (tertiary/aromatic N) is 2. The molecule has 2 nitrogen and oxygen atoms in total. The Bertz CT molecular complexity index is 805. The molecule has 0 bridgehead atoms. The van der Waals surface area contributed by atoms with Gasteiger partial charge in [-0.3, -0.25) is 4.90 Å². The summed E-state index contributed by atoms with van der Waals surface area (Å²) in [6.45, 7) is 2.17. The molecular formula is C22H22N2S. The van der Waals surface area contributed by atoms with Gasteiger partial charge in [0, 0.05) is 29.2 Å². The molecular weight excluding hydrogens is 324 g/mol. The summed E-state index contributed by atoms with van der Waals surface area (Å²) in [5.41, 5.74) is 2.75. The van der Waals surface area contributed by atoms with Gasteiger partial charge in [-0.2, -0.15) is 0 Å². The third-order valence-electron chi connectivity index (χ3n) is 4.71. The van der Waals surface area contributed by atoms with Crippen molar-refractivity contribution in [1.29, 1.82) is 0 Å². The zero-order valence-electron chi connectivity index (χ0n) is 14.2. The van der Waals surface area contributed by atoms with Crippen LogP contribution in [0.3, 0.4) is 0 Å². The fourth-order valence-corrected chi connectivity index (χ4v) is 4.48. The van der Waals surface area contributed by atoms with E-state index in [4.69, 9.17) is 4.98 Å². The van der Waals surface area contributed by atoms with Gasteiger partial charge in [-0.1, -0.05) is 66.4 Å². The normalized spacial score (nSPS) is 17.7. The van der Waals surface area contributed by atoms with Crippen LogP contribution in [-0.4, -0.2) is 16.4 Å². The summed E-state index contributed by atoms with van der Waals surface area (Å²) in [7, 11) is 0. The Morgan fingerprint density at radius 2 is 1.68 bits per heavy atom. The summed E-state index contributed by atoms with van der Waals surface area (Å²) >= 11 is 1.77. The van der Waals surface area contributed by atoms with Crippen molar-refractivity contribution in [3.63, 3.8) is 0 Å². The molecule has 25 heavy (non-hydrogen) atoms. The van der Waals surface area contributed by atoms with Crippen LogP contribution in [0.1, 0.15) is 30.0 Å². The molecule has 1 fully saturated rings. The van der Waals surface area contributed by atoms with Crippen molar-refractivity contribution in [3.8, 4) is 0 Å². The first-order chi connectivity index (χ1) is 12.4. The van der Waals surface area contributed by atoms with E-state index < -0.39 is 0 Å². The van der Waals surface area contributed by atoms with Gasteiger partial charge >= 0.3 is 0 Å². The molecule has 0 unspecified atom stereocenters. The number of rotatable bonds is 5. The second-order valence-corrected chi connectivity index (χ2v) is 7.49. The third-order valence-corrected chi connectivity index (χ3v) is 5.75. The third kappa shape index (κ3) is 3.94. The Morgan fingerprint density at radius 1 is 0.920 bits per heavy atom. The molecule has 1 aliphatic rings. The molecule has 0 amide bonds. The lowest BCUT2D eigenvalue weighted by Gasteiger charge is -2.26. The molecule has 3 aromatic rings. The fraction of sp³-hybridized carbons (Fsp3) is 0.227. The van der Waals surface area contributed by atoms with E-state index >= 15 is 0 Å². The molecule has 0 saturated carbocycles. The van der Waals surface area contributed by atoms with Gasteiger partial charge in [-0.05, 0) is 43.1 Å². The maximum atomic E-state index is 4.70. The van der Waals surface area contributed by atoms with E-state index in [2.05, 4.69) is 77.7 Å². The monoisotopic (exact) mass is 346 g/mol. The van der Waals surface area contributed by atoms with Gasteiger partial charge in [-0.15, -0.1) is 0 Å². The van der Waals surface area contributed by atoms with Gasteiger partial charge in [0.1, 0.15) is 5.03 Å². The number of benzene rings is 2. The smallest absolute Gasteiger partial charge is 0.105 e. The topological polar surface area (TPSA) is 16.1 Å². The summed E-state index contributed by atoms with van der Waals surface area (Å²) in [6.07, 6.45) is 4.37. The van der Waals surface area contributed by atoms with E-state index in [9.17, 15) is 0 Å². The highest BCUT2D eigenvalue weighted by Gasteiger charge is 2.28. The summed E-state index contributed by atoms with van der Waals surface area (Å²) in [6, 6.07) is 26.1. The molecule has 0 aliphatic carbocycles. The second kappa shape index (κ2) is 7.85. The van der Waals surface area contributed by atoms with Gasteiger partial charge in [0.15, 0.2) is 0 Å². The average molecular weight is 346 g/mol. The lowest BCUT2D eigenvalue weighted by atomic mass is 10.1. The summed E-state index contributed by atoms with van der Waals surface area (Å²) < 4.78 is 0. The van der Waals surface area contributed by atoms with Crippen molar-refractivity contribution in [2.75, 3.05) is 6.54 Å². The molecule has 1 atom stereocenters. The van der Waals surface area contributed by atoms with Crippen molar-refractivity contribution in [2.45, 2.75) is 35.3 Å². The number of pyridine rings is 1. The minimum atomic E-state index is 0.458. The first-order valence-corrected chi connectivity index (χ1v) is 9.67. The maximum absolute atomic E-state index is 4.70. The van der Waals surface area contributed by atoms with Crippen molar-refractivity contribution in [2.24, 2.45) is 0 Å². The van der Waals surface area contributed by atoms with Crippen molar-refractivity contribution in [3.05, 3.63) is 90.1 Å². The Balaban J connectivity index is 1.58. The van der Waals surface area contributed by atoms with Crippen LogP contribution in [-0.2, 0) is 6.54 Å². The lowest BCUT2D eigenvalue weighted by Crippen LogP contribution is -2.23.